The number of thiophene rings is 1. The fourth-order valence-electron chi connectivity index (χ4n) is 4.22. The predicted octanol–water partition coefficient (Wildman–Crippen LogP) is 4.63. The summed E-state index contributed by atoms with van der Waals surface area (Å²) in [6, 6.07) is 5.92. The van der Waals surface area contributed by atoms with Gasteiger partial charge in [-0.3, -0.25) is 0 Å². The number of nitrogens with zero attached hydrogens (tertiary/aromatic N) is 3. The number of nitrogens with one attached hydrogen (secondary N) is 1. The minimum absolute atomic E-state index is 0.208. The molecule has 1 atom stereocenters. The number of hydrogen-bond acceptors (Lipinski definition) is 7. The second kappa shape index (κ2) is 6.52. The third-order valence-corrected chi connectivity index (χ3v) is 6.63. The van der Waals surface area contributed by atoms with Crippen molar-refractivity contribution in [2.24, 2.45) is 0 Å². The Hall–Kier alpha value is -2.48. The SMILES string of the molecule is Cc1nc(-c2cc(Cl)cc3c2OC(c2onc4c2CNCC4)C3)c2sccc2n1. The van der Waals surface area contributed by atoms with Gasteiger partial charge in [-0.25, -0.2) is 9.97 Å². The van der Waals surface area contributed by atoms with Crippen LogP contribution in [-0.4, -0.2) is 21.7 Å². The van der Waals surface area contributed by atoms with Crippen LogP contribution in [0.4, 0.5) is 0 Å². The molecule has 29 heavy (non-hydrogen) atoms. The molecule has 1 unspecified atom stereocenters. The third kappa shape index (κ3) is 2.76. The molecule has 4 aromatic rings. The highest BCUT2D eigenvalue weighted by molar-refractivity contribution is 7.17. The van der Waals surface area contributed by atoms with Gasteiger partial charge < -0.3 is 14.6 Å². The Bertz CT molecular complexity index is 1270. The molecule has 3 aromatic heterocycles. The van der Waals surface area contributed by atoms with Crippen LogP contribution in [0.3, 0.4) is 0 Å². The lowest BCUT2D eigenvalue weighted by Gasteiger charge is -2.15. The molecule has 6 rings (SSSR count). The lowest BCUT2D eigenvalue weighted by Crippen LogP contribution is -2.24. The Morgan fingerprint density at radius 1 is 1.28 bits per heavy atom. The van der Waals surface area contributed by atoms with E-state index in [1.807, 2.05) is 30.5 Å². The minimum Gasteiger partial charge on any atom is -0.481 e. The second-order valence-electron chi connectivity index (χ2n) is 7.41. The van der Waals surface area contributed by atoms with Crippen LogP contribution in [0.25, 0.3) is 21.5 Å². The van der Waals surface area contributed by atoms with E-state index >= 15 is 0 Å². The fraction of sp³-hybridized carbons (Fsp3) is 0.286. The highest BCUT2D eigenvalue weighted by Gasteiger charge is 2.34. The van der Waals surface area contributed by atoms with Crippen LogP contribution in [0.1, 0.15) is 34.5 Å². The monoisotopic (exact) mass is 424 g/mol. The largest absolute Gasteiger partial charge is 0.481 e. The van der Waals surface area contributed by atoms with Gasteiger partial charge in [0.05, 0.1) is 21.6 Å². The van der Waals surface area contributed by atoms with Gasteiger partial charge in [-0.15, -0.1) is 11.3 Å². The molecule has 1 N–H and O–H groups in total. The van der Waals surface area contributed by atoms with Crippen molar-refractivity contribution in [1.29, 1.82) is 0 Å². The van der Waals surface area contributed by atoms with Crippen molar-refractivity contribution < 1.29 is 9.26 Å². The molecular weight excluding hydrogens is 408 g/mol. The van der Waals surface area contributed by atoms with Gasteiger partial charge in [-0.2, -0.15) is 0 Å². The van der Waals surface area contributed by atoms with Crippen molar-refractivity contribution in [2.75, 3.05) is 6.54 Å². The van der Waals surface area contributed by atoms with Crippen molar-refractivity contribution in [3.8, 4) is 17.0 Å². The van der Waals surface area contributed by atoms with E-state index in [-0.39, 0.29) is 6.10 Å². The quantitative estimate of drug-likeness (QED) is 0.505. The van der Waals surface area contributed by atoms with E-state index in [0.717, 1.165) is 75.1 Å². The first-order chi connectivity index (χ1) is 14.2. The number of benzene rings is 1. The molecule has 0 aliphatic carbocycles. The number of halogens is 1. The highest BCUT2D eigenvalue weighted by atomic mass is 35.5. The summed E-state index contributed by atoms with van der Waals surface area (Å²) in [5.74, 6) is 2.36. The summed E-state index contributed by atoms with van der Waals surface area (Å²) in [5.41, 5.74) is 5.93. The Morgan fingerprint density at radius 2 is 2.21 bits per heavy atom. The van der Waals surface area contributed by atoms with Crippen molar-refractivity contribution in [2.45, 2.75) is 32.4 Å². The van der Waals surface area contributed by atoms with Crippen molar-refractivity contribution >= 4 is 33.2 Å². The molecule has 0 saturated heterocycles. The minimum atomic E-state index is -0.208. The van der Waals surface area contributed by atoms with Gasteiger partial charge in [0, 0.05) is 47.6 Å². The molecule has 0 saturated carbocycles. The first-order valence-electron chi connectivity index (χ1n) is 9.56. The summed E-state index contributed by atoms with van der Waals surface area (Å²) in [5, 5.41) is 10.4. The number of aromatic nitrogens is 3. The molecule has 0 amide bonds. The summed E-state index contributed by atoms with van der Waals surface area (Å²) in [6.45, 7) is 3.59. The average molecular weight is 425 g/mol. The van der Waals surface area contributed by atoms with Crippen molar-refractivity contribution in [1.82, 2.24) is 20.4 Å². The maximum absolute atomic E-state index is 6.49. The molecule has 2 aliphatic heterocycles. The second-order valence-corrected chi connectivity index (χ2v) is 8.76. The number of rotatable bonds is 2. The molecule has 0 bridgehead atoms. The van der Waals surface area contributed by atoms with Gasteiger partial charge in [-0.1, -0.05) is 16.8 Å². The number of ether oxygens (including phenoxy) is 1. The fourth-order valence-corrected chi connectivity index (χ4v) is 5.30. The van der Waals surface area contributed by atoms with Crippen molar-refractivity contribution in [3.05, 3.63) is 57.0 Å². The van der Waals surface area contributed by atoms with E-state index in [1.165, 1.54) is 0 Å². The van der Waals surface area contributed by atoms with E-state index in [9.17, 15) is 0 Å². The summed E-state index contributed by atoms with van der Waals surface area (Å²) in [4.78, 5) is 9.27. The van der Waals surface area contributed by atoms with E-state index in [4.69, 9.17) is 25.8 Å². The molecule has 5 heterocycles. The van der Waals surface area contributed by atoms with Crippen LogP contribution in [-0.2, 0) is 19.4 Å². The first kappa shape index (κ1) is 17.4. The average Bonchev–Trinajstić information content (AvgIpc) is 3.43. The third-order valence-electron chi connectivity index (χ3n) is 5.50. The van der Waals surface area contributed by atoms with E-state index in [2.05, 4.69) is 15.5 Å². The van der Waals surface area contributed by atoms with Crippen LogP contribution < -0.4 is 10.1 Å². The zero-order valence-electron chi connectivity index (χ0n) is 15.7. The van der Waals surface area contributed by atoms with Gasteiger partial charge >= 0.3 is 0 Å². The molecule has 146 valence electrons. The maximum Gasteiger partial charge on any atom is 0.182 e. The predicted molar refractivity (Wildman–Crippen MR) is 112 cm³/mol. The van der Waals surface area contributed by atoms with Gasteiger partial charge in [0.15, 0.2) is 11.9 Å². The van der Waals surface area contributed by atoms with Gasteiger partial charge in [0.2, 0.25) is 0 Å². The molecule has 2 aliphatic rings. The van der Waals surface area contributed by atoms with Crippen LogP contribution in [0.5, 0.6) is 5.75 Å². The number of fused-ring (bicyclic) bond motifs is 3. The molecule has 8 heteroatoms. The molecule has 0 radical (unpaired) electrons. The van der Waals surface area contributed by atoms with Crippen molar-refractivity contribution in [3.63, 3.8) is 0 Å². The molecule has 0 spiro atoms. The molecule has 6 nitrogen and oxygen atoms in total. The van der Waals surface area contributed by atoms with E-state index in [1.54, 1.807) is 11.3 Å². The summed E-state index contributed by atoms with van der Waals surface area (Å²) >= 11 is 8.12. The highest BCUT2D eigenvalue weighted by Crippen LogP contribution is 2.47. The summed E-state index contributed by atoms with van der Waals surface area (Å²) < 4.78 is 13.2. The van der Waals surface area contributed by atoms with Crippen LogP contribution >= 0.6 is 22.9 Å². The lowest BCUT2D eigenvalue weighted by molar-refractivity contribution is 0.189. The zero-order valence-corrected chi connectivity index (χ0v) is 17.2. The zero-order chi connectivity index (χ0) is 19.5. The number of aryl methyl sites for hydroxylation is 1. The van der Waals surface area contributed by atoms with E-state index < -0.39 is 0 Å². The summed E-state index contributed by atoms with van der Waals surface area (Å²) in [7, 11) is 0. The molecular formula is C21H17ClN4O2S. The Labute approximate surface area is 175 Å². The first-order valence-corrected chi connectivity index (χ1v) is 10.8. The molecule has 0 fully saturated rings. The van der Waals surface area contributed by atoms with Crippen LogP contribution in [0.2, 0.25) is 5.02 Å². The number of hydrogen-bond donors (Lipinski definition) is 1. The van der Waals surface area contributed by atoms with Gasteiger partial charge in [0.1, 0.15) is 11.6 Å². The van der Waals surface area contributed by atoms with E-state index in [0.29, 0.717) is 11.4 Å². The standard InChI is InChI=1S/C21H17ClN4O2S/c1-10-24-16-3-5-29-21(16)18(25-10)13-8-12(22)6-11-7-17(27-19(11)13)20-14-9-23-4-2-15(14)26-28-20/h3,5-6,8,17,23H,2,4,7,9H2,1H3. The van der Waals surface area contributed by atoms with Gasteiger partial charge in [0.25, 0.3) is 0 Å². The maximum atomic E-state index is 6.49. The van der Waals surface area contributed by atoms with Crippen LogP contribution in [0.15, 0.2) is 28.1 Å². The Balaban J connectivity index is 1.47. The van der Waals surface area contributed by atoms with Crippen LogP contribution in [0, 0.1) is 6.92 Å². The topological polar surface area (TPSA) is 73.1 Å². The molecule has 1 aromatic carbocycles. The Kier molecular flexibility index (Phi) is 3.91. The normalized spacial score (nSPS) is 17.9. The lowest BCUT2D eigenvalue weighted by atomic mass is 10.0. The smallest absolute Gasteiger partial charge is 0.182 e. The summed E-state index contributed by atoms with van der Waals surface area (Å²) in [6.07, 6.45) is 1.37. The van der Waals surface area contributed by atoms with Gasteiger partial charge in [-0.05, 0) is 30.5 Å². The Morgan fingerprint density at radius 3 is 3.14 bits per heavy atom.